The van der Waals surface area contributed by atoms with E-state index in [0.717, 1.165) is 23.1 Å². The molecule has 1 aromatic carbocycles. The molecular weight excluding hydrogens is 354 g/mol. The quantitative estimate of drug-likeness (QED) is 0.568. The summed E-state index contributed by atoms with van der Waals surface area (Å²) >= 11 is 5.09. The summed E-state index contributed by atoms with van der Waals surface area (Å²) < 4.78 is 1.05. The molecular formula is C15H18BrNO3S. The number of hydrogen-bond acceptors (Lipinski definition) is 3. The van der Waals surface area contributed by atoms with Crippen molar-refractivity contribution < 1.29 is 14.7 Å². The maximum Gasteiger partial charge on any atom is 0.329 e. The number of rotatable bonds is 7. The second kappa shape index (κ2) is 7.31. The molecule has 0 saturated heterocycles. The molecule has 21 heavy (non-hydrogen) atoms. The number of carboxylic acids is 1. The number of carbonyl (C=O) groups is 2. The Labute approximate surface area is 136 Å². The van der Waals surface area contributed by atoms with E-state index >= 15 is 0 Å². The van der Waals surface area contributed by atoms with Gasteiger partial charge in [-0.05, 0) is 55.7 Å². The highest BCUT2D eigenvalue weighted by molar-refractivity contribution is 9.10. The van der Waals surface area contributed by atoms with E-state index in [-0.39, 0.29) is 5.91 Å². The van der Waals surface area contributed by atoms with Gasteiger partial charge in [0.05, 0.1) is 0 Å². The fraction of sp³-hybridized carbons (Fsp3) is 0.467. The Morgan fingerprint density at radius 2 is 1.95 bits per heavy atom. The van der Waals surface area contributed by atoms with Gasteiger partial charge < -0.3 is 10.4 Å². The SMILES string of the molecule is O=C(CCCSc1ccc(Br)cc1)NC1(C(=O)O)CCC1. The number of aliphatic carboxylic acids is 1. The van der Waals surface area contributed by atoms with Crippen LogP contribution in [-0.2, 0) is 9.59 Å². The van der Waals surface area contributed by atoms with Gasteiger partial charge in [0, 0.05) is 15.8 Å². The molecule has 1 fully saturated rings. The van der Waals surface area contributed by atoms with Gasteiger partial charge in [0.15, 0.2) is 0 Å². The van der Waals surface area contributed by atoms with E-state index in [1.165, 1.54) is 4.90 Å². The number of amides is 1. The summed E-state index contributed by atoms with van der Waals surface area (Å²) in [5.41, 5.74) is -0.990. The van der Waals surface area contributed by atoms with Crippen LogP contribution in [0.15, 0.2) is 33.6 Å². The molecule has 0 aromatic heterocycles. The summed E-state index contributed by atoms with van der Waals surface area (Å²) in [7, 11) is 0. The Hall–Kier alpha value is -1.01. The number of nitrogens with one attached hydrogen (secondary N) is 1. The average molecular weight is 372 g/mol. The first-order valence-electron chi connectivity index (χ1n) is 6.95. The second-order valence-electron chi connectivity index (χ2n) is 5.19. The van der Waals surface area contributed by atoms with Gasteiger partial charge in [0.2, 0.25) is 5.91 Å². The minimum Gasteiger partial charge on any atom is -0.480 e. The van der Waals surface area contributed by atoms with Crippen molar-refractivity contribution in [3.63, 3.8) is 0 Å². The minimum atomic E-state index is -0.990. The molecule has 2 N–H and O–H groups in total. The van der Waals surface area contributed by atoms with Crippen LogP contribution < -0.4 is 5.32 Å². The lowest BCUT2D eigenvalue weighted by atomic mass is 9.76. The van der Waals surface area contributed by atoms with Gasteiger partial charge >= 0.3 is 5.97 Å². The molecule has 114 valence electrons. The highest BCUT2D eigenvalue weighted by Gasteiger charge is 2.45. The van der Waals surface area contributed by atoms with E-state index in [2.05, 4.69) is 21.2 Å². The molecule has 0 spiro atoms. The molecule has 6 heteroatoms. The van der Waals surface area contributed by atoms with Gasteiger partial charge in [-0.1, -0.05) is 15.9 Å². The first-order valence-corrected chi connectivity index (χ1v) is 8.72. The van der Waals surface area contributed by atoms with E-state index in [9.17, 15) is 9.59 Å². The number of thioether (sulfide) groups is 1. The number of carboxylic acid groups (broad SMARTS) is 1. The van der Waals surface area contributed by atoms with Gasteiger partial charge in [-0.2, -0.15) is 0 Å². The largest absolute Gasteiger partial charge is 0.480 e. The molecule has 1 aromatic rings. The third-order valence-electron chi connectivity index (χ3n) is 3.63. The molecule has 1 saturated carbocycles. The van der Waals surface area contributed by atoms with Crippen molar-refractivity contribution in [2.45, 2.75) is 42.5 Å². The molecule has 0 radical (unpaired) electrons. The van der Waals surface area contributed by atoms with Gasteiger partial charge in [-0.15, -0.1) is 11.8 Å². The Balaban J connectivity index is 1.67. The molecule has 1 aliphatic rings. The molecule has 1 aliphatic carbocycles. The van der Waals surface area contributed by atoms with Gasteiger partial charge in [0.1, 0.15) is 5.54 Å². The van der Waals surface area contributed by atoms with E-state index < -0.39 is 11.5 Å². The minimum absolute atomic E-state index is 0.159. The number of benzene rings is 1. The smallest absolute Gasteiger partial charge is 0.329 e. The standard InChI is InChI=1S/C15H18BrNO3S/c16-11-4-6-12(7-5-11)21-10-1-3-13(18)17-15(14(19)20)8-2-9-15/h4-7H,1-3,8-10H2,(H,17,18)(H,19,20). The summed E-state index contributed by atoms with van der Waals surface area (Å²) in [6.07, 6.45) is 3.07. The molecule has 1 amide bonds. The fourth-order valence-electron chi connectivity index (χ4n) is 2.21. The molecule has 0 aliphatic heterocycles. The van der Waals surface area contributed by atoms with Gasteiger partial charge in [-0.3, -0.25) is 4.79 Å². The Morgan fingerprint density at radius 3 is 2.48 bits per heavy atom. The third-order valence-corrected chi connectivity index (χ3v) is 5.25. The molecule has 0 unspecified atom stereocenters. The van der Waals surface area contributed by atoms with Crippen molar-refractivity contribution in [3.05, 3.63) is 28.7 Å². The molecule has 0 heterocycles. The van der Waals surface area contributed by atoms with Crippen molar-refractivity contribution in [1.29, 1.82) is 0 Å². The van der Waals surface area contributed by atoms with Crippen molar-refractivity contribution in [2.24, 2.45) is 0 Å². The highest BCUT2D eigenvalue weighted by Crippen LogP contribution is 2.32. The zero-order valence-electron chi connectivity index (χ0n) is 11.6. The van der Waals surface area contributed by atoms with Crippen LogP contribution in [0, 0.1) is 0 Å². The maximum absolute atomic E-state index is 11.8. The lowest BCUT2D eigenvalue weighted by molar-refractivity contribution is -0.151. The maximum atomic E-state index is 11.8. The molecule has 0 bridgehead atoms. The van der Waals surface area contributed by atoms with Crippen LogP contribution in [0.3, 0.4) is 0 Å². The van der Waals surface area contributed by atoms with Gasteiger partial charge in [0.25, 0.3) is 0 Å². The predicted molar refractivity (Wildman–Crippen MR) is 86.5 cm³/mol. The fourth-order valence-corrected chi connectivity index (χ4v) is 3.32. The Bertz CT molecular complexity index is 514. The molecule has 4 nitrogen and oxygen atoms in total. The van der Waals surface area contributed by atoms with Crippen LogP contribution >= 0.6 is 27.7 Å². The number of halogens is 1. The van der Waals surface area contributed by atoms with Crippen LogP contribution in [0.2, 0.25) is 0 Å². The van der Waals surface area contributed by atoms with Crippen molar-refractivity contribution in [2.75, 3.05) is 5.75 Å². The van der Waals surface area contributed by atoms with Crippen molar-refractivity contribution >= 4 is 39.6 Å². The highest BCUT2D eigenvalue weighted by atomic mass is 79.9. The summed E-state index contributed by atoms with van der Waals surface area (Å²) in [6, 6.07) is 8.04. The summed E-state index contributed by atoms with van der Waals surface area (Å²) in [6.45, 7) is 0. The van der Waals surface area contributed by atoms with E-state index in [1.54, 1.807) is 11.8 Å². The van der Waals surface area contributed by atoms with Crippen molar-refractivity contribution in [1.82, 2.24) is 5.32 Å². The lowest BCUT2D eigenvalue weighted by Gasteiger charge is -2.38. The monoisotopic (exact) mass is 371 g/mol. The van der Waals surface area contributed by atoms with Crippen LogP contribution in [0.5, 0.6) is 0 Å². The zero-order valence-corrected chi connectivity index (χ0v) is 14.0. The average Bonchev–Trinajstić information content (AvgIpc) is 2.40. The normalized spacial score (nSPS) is 16.0. The zero-order chi connectivity index (χ0) is 15.3. The van der Waals surface area contributed by atoms with Crippen LogP contribution in [0.25, 0.3) is 0 Å². The third kappa shape index (κ3) is 4.48. The lowest BCUT2D eigenvalue weighted by Crippen LogP contribution is -2.59. The van der Waals surface area contributed by atoms with Crippen molar-refractivity contribution in [3.8, 4) is 0 Å². The first-order chi connectivity index (χ1) is 10.0. The Morgan fingerprint density at radius 1 is 1.29 bits per heavy atom. The Kier molecular flexibility index (Phi) is 5.70. The van der Waals surface area contributed by atoms with Gasteiger partial charge in [-0.25, -0.2) is 4.79 Å². The van der Waals surface area contributed by atoms with Crippen LogP contribution in [-0.4, -0.2) is 28.3 Å². The first kappa shape index (κ1) is 16.4. The summed E-state index contributed by atoms with van der Waals surface area (Å²) in [5, 5.41) is 11.8. The topological polar surface area (TPSA) is 66.4 Å². The molecule has 0 atom stereocenters. The predicted octanol–water partition coefficient (Wildman–Crippen LogP) is 3.44. The van der Waals surface area contributed by atoms with Crippen LogP contribution in [0.4, 0.5) is 0 Å². The second-order valence-corrected chi connectivity index (χ2v) is 7.28. The van der Waals surface area contributed by atoms with Crippen LogP contribution in [0.1, 0.15) is 32.1 Å². The number of carbonyl (C=O) groups excluding carboxylic acids is 1. The van der Waals surface area contributed by atoms with E-state index in [0.29, 0.717) is 19.3 Å². The summed E-state index contributed by atoms with van der Waals surface area (Å²) in [5.74, 6) is -0.227. The number of hydrogen-bond donors (Lipinski definition) is 2. The summed E-state index contributed by atoms with van der Waals surface area (Å²) in [4.78, 5) is 24.1. The van der Waals surface area contributed by atoms with E-state index in [1.807, 2.05) is 24.3 Å². The molecule has 2 rings (SSSR count). The van der Waals surface area contributed by atoms with E-state index in [4.69, 9.17) is 5.11 Å².